The molecule has 0 unspecified atom stereocenters. The summed E-state index contributed by atoms with van der Waals surface area (Å²) >= 11 is 0. The van der Waals surface area contributed by atoms with E-state index in [1.165, 1.54) is 0 Å². The fourth-order valence-corrected chi connectivity index (χ4v) is 3.05. The van der Waals surface area contributed by atoms with E-state index in [9.17, 15) is 4.79 Å². The van der Waals surface area contributed by atoms with Gasteiger partial charge in [0.2, 0.25) is 0 Å². The van der Waals surface area contributed by atoms with Crippen LogP contribution >= 0.6 is 0 Å². The number of imidazole rings is 1. The van der Waals surface area contributed by atoms with Crippen molar-refractivity contribution in [1.29, 1.82) is 0 Å². The average Bonchev–Trinajstić information content (AvgIpc) is 3.39. The molecule has 28 heavy (non-hydrogen) atoms. The Bertz CT molecular complexity index is 1380. The van der Waals surface area contributed by atoms with E-state index < -0.39 is 0 Å². The summed E-state index contributed by atoms with van der Waals surface area (Å²) in [6, 6.07) is 14.9. The van der Waals surface area contributed by atoms with Crippen molar-refractivity contribution in [2.45, 2.75) is 0 Å². The molecule has 1 aromatic carbocycles. The lowest BCUT2D eigenvalue weighted by Crippen LogP contribution is -1.97. The zero-order valence-corrected chi connectivity index (χ0v) is 14.6. The van der Waals surface area contributed by atoms with Crippen LogP contribution in [-0.4, -0.2) is 30.9 Å². The SMILES string of the molecule is O=Cc1ccc(-c2ccc3ncc(C#Cc4ccnc5[nH]ccc45)n3n2)cc1. The number of hydrogen-bond donors (Lipinski definition) is 1. The molecule has 0 spiro atoms. The van der Waals surface area contributed by atoms with Gasteiger partial charge in [0.25, 0.3) is 0 Å². The number of aldehydes is 1. The smallest absolute Gasteiger partial charge is 0.154 e. The third kappa shape index (κ3) is 2.72. The summed E-state index contributed by atoms with van der Waals surface area (Å²) in [5, 5.41) is 5.65. The molecular weight excluding hydrogens is 350 g/mol. The third-order valence-electron chi connectivity index (χ3n) is 4.49. The number of aromatic nitrogens is 5. The second-order valence-electron chi connectivity index (χ2n) is 6.22. The molecule has 4 heterocycles. The van der Waals surface area contributed by atoms with E-state index in [1.54, 1.807) is 29.0 Å². The highest BCUT2D eigenvalue weighted by atomic mass is 16.1. The summed E-state index contributed by atoms with van der Waals surface area (Å²) in [6.07, 6.45) is 6.12. The van der Waals surface area contributed by atoms with Crippen molar-refractivity contribution >= 4 is 23.0 Å². The average molecular weight is 363 g/mol. The molecule has 6 nitrogen and oxygen atoms in total. The first-order valence-electron chi connectivity index (χ1n) is 8.66. The van der Waals surface area contributed by atoms with Gasteiger partial charge >= 0.3 is 0 Å². The molecule has 0 radical (unpaired) electrons. The van der Waals surface area contributed by atoms with E-state index in [0.717, 1.165) is 39.8 Å². The van der Waals surface area contributed by atoms with Crippen molar-refractivity contribution in [2.24, 2.45) is 0 Å². The summed E-state index contributed by atoms with van der Waals surface area (Å²) in [4.78, 5) is 22.6. The largest absolute Gasteiger partial charge is 0.346 e. The molecule has 0 saturated heterocycles. The second kappa shape index (κ2) is 6.49. The van der Waals surface area contributed by atoms with Crippen LogP contribution in [-0.2, 0) is 0 Å². The first kappa shape index (κ1) is 16.0. The maximum Gasteiger partial charge on any atom is 0.154 e. The molecule has 0 aliphatic carbocycles. The number of rotatable bonds is 2. The van der Waals surface area contributed by atoms with E-state index in [0.29, 0.717) is 11.3 Å². The molecule has 0 aliphatic heterocycles. The Morgan fingerprint density at radius 3 is 2.71 bits per heavy atom. The molecule has 132 valence electrons. The van der Waals surface area contributed by atoms with Crippen LogP contribution in [0.4, 0.5) is 0 Å². The lowest BCUT2D eigenvalue weighted by molar-refractivity contribution is 0.112. The van der Waals surface area contributed by atoms with Crippen LogP contribution in [0.5, 0.6) is 0 Å². The number of hydrogen-bond acceptors (Lipinski definition) is 4. The molecule has 5 rings (SSSR count). The van der Waals surface area contributed by atoms with Gasteiger partial charge in [-0.1, -0.05) is 30.2 Å². The molecule has 4 aromatic heterocycles. The monoisotopic (exact) mass is 363 g/mol. The van der Waals surface area contributed by atoms with Crippen molar-refractivity contribution in [2.75, 3.05) is 0 Å². The number of benzene rings is 1. The molecule has 6 heteroatoms. The van der Waals surface area contributed by atoms with E-state index in [4.69, 9.17) is 0 Å². The van der Waals surface area contributed by atoms with Gasteiger partial charge in [0.1, 0.15) is 17.6 Å². The van der Waals surface area contributed by atoms with Gasteiger partial charge in [-0.05, 0) is 30.2 Å². The second-order valence-corrected chi connectivity index (χ2v) is 6.22. The number of nitrogens with one attached hydrogen (secondary N) is 1. The van der Waals surface area contributed by atoms with Crippen LogP contribution in [0.1, 0.15) is 21.6 Å². The number of nitrogens with zero attached hydrogens (tertiary/aromatic N) is 4. The standard InChI is InChI=1S/C22H13N5O/c28-14-15-1-3-17(4-2-15)20-7-8-21-25-13-18(27(21)26-20)6-5-16-9-11-23-22-19(16)10-12-24-22/h1-4,7-14H,(H,23,24). The first-order chi connectivity index (χ1) is 13.8. The highest BCUT2D eigenvalue weighted by Gasteiger charge is 2.06. The number of carbonyl (C=O) groups is 1. The van der Waals surface area contributed by atoms with Crippen LogP contribution in [0.25, 0.3) is 27.9 Å². The molecule has 0 aliphatic rings. The van der Waals surface area contributed by atoms with Gasteiger partial charge in [-0.15, -0.1) is 0 Å². The number of carbonyl (C=O) groups excluding carboxylic acids is 1. The Labute approximate surface area is 159 Å². The third-order valence-corrected chi connectivity index (χ3v) is 4.49. The van der Waals surface area contributed by atoms with Crippen LogP contribution in [0.2, 0.25) is 0 Å². The Balaban J connectivity index is 1.57. The Morgan fingerprint density at radius 1 is 0.964 bits per heavy atom. The number of aromatic amines is 1. The minimum Gasteiger partial charge on any atom is -0.346 e. The number of pyridine rings is 1. The van der Waals surface area contributed by atoms with E-state index in [2.05, 4.69) is 31.9 Å². The van der Waals surface area contributed by atoms with Gasteiger partial charge in [0, 0.05) is 34.5 Å². The van der Waals surface area contributed by atoms with Crippen LogP contribution in [0.3, 0.4) is 0 Å². The van der Waals surface area contributed by atoms with E-state index >= 15 is 0 Å². The van der Waals surface area contributed by atoms with E-state index in [-0.39, 0.29) is 0 Å². The maximum atomic E-state index is 10.8. The molecule has 1 N–H and O–H groups in total. The van der Waals surface area contributed by atoms with Gasteiger partial charge in [-0.3, -0.25) is 4.79 Å². The molecule has 5 aromatic rings. The predicted octanol–water partition coefficient (Wildman–Crippen LogP) is 3.48. The molecule has 0 atom stereocenters. The topological polar surface area (TPSA) is 75.9 Å². The van der Waals surface area contributed by atoms with Gasteiger partial charge in [-0.2, -0.15) is 5.10 Å². The fourth-order valence-electron chi connectivity index (χ4n) is 3.05. The predicted molar refractivity (Wildman–Crippen MR) is 106 cm³/mol. The zero-order valence-electron chi connectivity index (χ0n) is 14.6. The summed E-state index contributed by atoms with van der Waals surface area (Å²) in [6.45, 7) is 0. The minimum absolute atomic E-state index is 0.632. The van der Waals surface area contributed by atoms with E-state index in [1.807, 2.05) is 42.6 Å². The Morgan fingerprint density at radius 2 is 1.86 bits per heavy atom. The first-order valence-corrected chi connectivity index (χ1v) is 8.66. The van der Waals surface area contributed by atoms with Crippen LogP contribution < -0.4 is 0 Å². The zero-order chi connectivity index (χ0) is 18.9. The van der Waals surface area contributed by atoms with Crippen molar-refractivity contribution in [3.63, 3.8) is 0 Å². The van der Waals surface area contributed by atoms with Crippen molar-refractivity contribution < 1.29 is 4.79 Å². The summed E-state index contributed by atoms with van der Waals surface area (Å²) in [5.41, 5.74) is 5.45. The molecular formula is C22H13N5O. The van der Waals surface area contributed by atoms with Crippen molar-refractivity contribution in [3.8, 4) is 23.1 Å². The van der Waals surface area contributed by atoms with Crippen molar-refractivity contribution in [3.05, 3.63) is 83.9 Å². The van der Waals surface area contributed by atoms with Crippen LogP contribution in [0.15, 0.2) is 67.1 Å². The number of fused-ring (bicyclic) bond motifs is 2. The lowest BCUT2D eigenvalue weighted by atomic mass is 10.1. The Kier molecular flexibility index (Phi) is 3.70. The highest BCUT2D eigenvalue weighted by Crippen LogP contribution is 2.18. The maximum absolute atomic E-state index is 10.8. The minimum atomic E-state index is 0.632. The normalized spacial score (nSPS) is 10.7. The lowest BCUT2D eigenvalue weighted by Gasteiger charge is -2.02. The summed E-state index contributed by atoms with van der Waals surface area (Å²) < 4.78 is 1.73. The van der Waals surface area contributed by atoms with Gasteiger partial charge < -0.3 is 4.98 Å². The van der Waals surface area contributed by atoms with Gasteiger partial charge in [0.15, 0.2) is 5.65 Å². The quantitative estimate of drug-likeness (QED) is 0.385. The highest BCUT2D eigenvalue weighted by molar-refractivity contribution is 5.82. The number of H-pyrrole nitrogens is 1. The fraction of sp³-hybridized carbons (Fsp3) is 0. The molecule has 0 bridgehead atoms. The van der Waals surface area contributed by atoms with Gasteiger partial charge in [0.05, 0.1) is 11.9 Å². The molecule has 0 saturated carbocycles. The summed E-state index contributed by atoms with van der Waals surface area (Å²) in [5.74, 6) is 6.36. The molecule has 0 amide bonds. The van der Waals surface area contributed by atoms with Crippen molar-refractivity contribution in [1.82, 2.24) is 24.6 Å². The molecule has 0 fully saturated rings. The Hall–Kier alpha value is -4.24. The summed E-state index contributed by atoms with van der Waals surface area (Å²) in [7, 11) is 0. The van der Waals surface area contributed by atoms with Gasteiger partial charge in [-0.25, -0.2) is 14.5 Å². The van der Waals surface area contributed by atoms with Crippen LogP contribution in [0, 0.1) is 11.8 Å².